The van der Waals surface area contributed by atoms with Crippen molar-refractivity contribution in [2.45, 2.75) is 0 Å². The van der Waals surface area contributed by atoms with Gasteiger partial charge in [0.1, 0.15) is 0 Å². The maximum absolute atomic E-state index is 8.42. The van der Waals surface area contributed by atoms with Crippen LogP contribution in [0.2, 0.25) is 0 Å². The highest BCUT2D eigenvalue weighted by Gasteiger charge is 2.06. The van der Waals surface area contributed by atoms with Crippen molar-refractivity contribution in [3.63, 3.8) is 0 Å². The van der Waals surface area contributed by atoms with E-state index in [0.717, 1.165) is 0 Å². The molecule has 0 amide bonds. The molecule has 0 heterocycles. The van der Waals surface area contributed by atoms with Gasteiger partial charge in [0, 0.05) is 0 Å². The average Bonchev–Trinajstić information content (AvgIpc) is 1.82. The Morgan fingerprint density at radius 2 is 2.00 bits per heavy atom. The second kappa shape index (κ2) is 4.12. The summed E-state index contributed by atoms with van der Waals surface area (Å²) in [6, 6.07) is 0. The first kappa shape index (κ1) is 8.20. The highest BCUT2D eigenvalue weighted by atomic mass is 16.4. The van der Waals surface area contributed by atoms with Crippen LogP contribution < -0.4 is 0 Å². The molecule has 0 aromatic heterocycles. The van der Waals surface area contributed by atoms with E-state index in [1.807, 2.05) is 0 Å². The molecule has 0 radical (unpaired) electrons. The van der Waals surface area contributed by atoms with Crippen LogP contribution in [0.25, 0.3) is 0 Å². The molecule has 0 bridgehead atoms. The molecule has 0 unspecified atom stereocenters. The summed E-state index contributed by atoms with van der Waals surface area (Å²) in [5.41, 5.74) is 0.259. The lowest BCUT2D eigenvalue weighted by atomic mass is 9.80. The van der Waals surface area contributed by atoms with Crippen LogP contribution in [-0.4, -0.2) is 17.2 Å². The normalized spacial score (nSPS) is 9.56. The first-order valence-corrected chi connectivity index (χ1v) is 2.52. The van der Waals surface area contributed by atoms with Crippen molar-refractivity contribution in [1.29, 1.82) is 0 Å². The molecule has 0 aliphatic carbocycles. The first-order chi connectivity index (χ1) is 4.18. The Kier molecular flexibility index (Phi) is 3.76. The Labute approximate surface area is 55.0 Å². The number of hydrogen-bond donors (Lipinski definition) is 2. The molecule has 0 spiro atoms. The lowest BCUT2D eigenvalue weighted by molar-refractivity contribution is 0.421. The second-order valence-electron chi connectivity index (χ2n) is 1.54. The summed E-state index contributed by atoms with van der Waals surface area (Å²) in [6.07, 6.45) is 4.60. The van der Waals surface area contributed by atoms with Crippen LogP contribution in [0.3, 0.4) is 0 Å². The van der Waals surface area contributed by atoms with Gasteiger partial charge in [0.2, 0.25) is 0 Å². The minimum absolute atomic E-state index is 0.259. The Balaban J connectivity index is 3.76. The van der Waals surface area contributed by atoms with Crippen LogP contribution in [-0.2, 0) is 0 Å². The van der Waals surface area contributed by atoms with E-state index in [1.165, 1.54) is 12.2 Å². The van der Waals surface area contributed by atoms with Gasteiger partial charge in [-0.1, -0.05) is 31.4 Å². The fraction of sp³-hybridized carbons (Fsp3) is 0. The molecular weight excluding hydrogens is 115 g/mol. The van der Waals surface area contributed by atoms with Gasteiger partial charge >= 0.3 is 7.12 Å². The van der Waals surface area contributed by atoms with Gasteiger partial charge in [-0.05, 0) is 5.47 Å². The SMILES string of the molecule is C=C/C=C\C(=C)B(O)O. The van der Waals surface area contributed by atoms with Crippen molar-refractivity contribution < 1.29 is 10.0 Å². The van der Waals surface area contributed by atoms with Crippen molar-refractivity contribution in [3.8, 4) is 0 Å². The van der Waals surface area contributed by atoms with Crippen molar-refractivity contribution in [2.75, 3.05) is 0 Å². The zero-order chi connectivity index (χ0) is 7.28. The molecule has 9 heavy (non-hydrogen) atoms. The van der Waals surface area contributed by atoms with E-state index in [9.17, 15) is 0 Å². The molecule has 2 N–H and O–H groups in total. The standard InChI is InChI=1S/C6H9BO2/c1-3-4-5-6(2)7(8)9/h3-5,8-9H,1-2H2/b5-4-. The molecule has 48 valence electrons. The number of allylic oxidation sites excluding steroid dienone is 4. The lowest BCUT2D eigenvalue weighted by Gasteiger charge is -1.92. The summed E-state index contributed by atoms with van der Waals surface area (Å²) < 4.78 is 0. The lowest BCUT2D eigenvalue weighted by Crippen LogP contribution is -2.12. The maximum atomic E-state index is 8.42. The van der Waals surface area contributed by atoms with Crippen molar-refractivity contribution in [1.82, 2.24) is 0 Å². The minimum atomic E-state index is -1.46. The molecule has 0 rings (SSSR count). The van der Waals surface area contributed by atoms with E-state index < -0.39 is 7.12 Å². The maximum Gasteiger partial charge on any atom is 0.487 e. The summed E-state index contributed by atoms with van der Waals surface area (Å²) >= 11 is 0. The summed E-state index contributed by atoms with van der Waals surface area (Å²) in [5, 5.41) is 16.8. The third kappa shape index (κ3) is 3.76. The van der Waals surface area contributed by atoms with Gasteiger partial charge in [-0.2, -0.15) is 0 Å². The molecule has 0 saturated carbocycles. The molecular formula is C6H9BO2. The Morgan fingerprint density at radius 3 is 2.33 bits per heavy atom. The Morgan fingerprint density at radius 1 is 1.44 bits per heavy atom. The minimum Gasteiger partial charge on any atom is -0.423 e. The molecule has 0 aromatic carbocycles. The molecule has 0 aliphatic rings. The summed E-state index contributed by atoms with van der Waals surface area (Å²) in [5.74, 6) is 0. The monoisotopic (exact) mass is 124 g/mol. The Hall–Kier alpha value is -0.795. The van der Waals surface area contributed by atoms with Crippen molar-refractivity contribution in [3.05, 3.63) is 36.9 Å². The summed E-state index contributed by atoms with van der Waals surface area (Å²) in [7, 11) is -1.46. The van der Waals surface area contributed by atoms with Gasteiger partial charge in [0.05, 0.1) is 0 Å². The zero-order valence-electron chi connectivity index (χ0n) is 5.12. The van der Waals surface area contributed by atoms with Gasteiger partial charge in [-0.3, -0.25) is 0 Å². The van der Waals surface area contributed by atoms with E-state index in [1.54, 1.807) is 6.08 Å². The summed E-state index contributed by atoms with van der Waals surface area (Å²) in [4.78, 5) is 0. The average molecular weight is 124 g/mol. The van der Waals surface area contributed by atoms with Gasteiger partial charge in [0.25, 0.3) is 0 Å². The Bertz CT molecular complexity index is 138. The van der Waals surface area contributed by atoms with Gasteiger partial charge < -0.3 is 10.0 Å². The molecule has 0 atom stereocenters. The highest BCUT2D eigenvalue weighted by molar-refractivity contribution is 6.51. The fourth-order valence-electron chi connectivity index (χ4n) is 0.278. The quantitative estimate of drug-likeness (QED) is 0.419. The van der Waals surface area contributed by atoms with E-state index in [2.05, 4.69) is 13.2 Å². The van der Waals surface area contributed by atoms with E-state index in [-0.39, 0.29) is 5.47 Å². The van der Waals surface area contributed by atoms with Gasteiger partial charge in [-0.25, -0.2) is 0 Å². The first-order valence-electron chi connectivity index (χ1n) is 2.52. The fourth-order valence-corrected chi connectivity index (χ4v) is 0.278. The topological polar surface area (TPSA) is 40.5 Å². The predicted octanol–water partition coefficient (Wildman–Crippen LogP) is 0.297. The van der Waals surface area contributed by atoms with Crippen LogP contribution in [0.4, 0.5) is 0 Å². The number of rotatable bonds is 3. The second-order valence-corrected chi connectivity index (χ2v) is 1.54. The summed E-state index contributed by atoms with van der Waals surface area (Å²) in [6.45, 7) is 6.76. The van der Waals surface area contributed by atoms with Crippen molar-refractivity contribution in [2.24, 2.45) is 0 Å². The highest BCUT2D eigenvalue weighted by Crippen LogP contribution is 1.92. The molecule has 3 heteroatoms. The van der Waals surface area contributed by atoms with E-state index >= 15 is 0 Å². The van der Waals surface area contributed by atoms with Crippen LogP contribution in [0.1, 0.15) is 0 Å². The van der Waals surface area contributed by atoms with Crippen LogP contribution in [0.5, 0.6) is 0 Å². The van der Waals surface area contributed by atoms with E-state index in [0.29, 0.717) is 0 Å². The third-order valence-corrected chi connectivity index (χ3v) is 0.778. The van der Waals surface area contributed by atoms with Gasteiger partial charge in [0.15, 0.2) is 0 Å². The molecule has 0 saturated heterocycles. The zero-order valence-corrected chi connectivity index (χ0v) is 5.12. The third-order valence-electron chi connectivity index (χ3n) is 0.778. The molecule has 0 fully saturated rings. The molecule has 0 aromatic rings. The van der Waals surface area contributed by atoms with Crippen LogP contribution in [0, 0.1) is 0 Å². The number of hydrogen-bond acceptors (Lipinski definition) is 2. The largest absolute Gasteiger partial charge is 0.487 e. The predicted molar refractivity (Wildman–Crippen MR) is 38.7 cm³/mol. The van der Waals surface area contributed by atoms with Gasteiger partial charge in [-0.15, -0.1) is 0 Å². The smallest absolute Gasteiger partial charge is 0.423 e. The van der Waals surface area contributed by atoms with E-state index in [4.69, 9.17) is 10.0 Å². The molecule has 2 nitrogen and oxygen atoms in total. The molecule has 0 aliphatic heterocycles. The van der Waals surface area contributed by atoms with Crippen LogP contribution in [0.15, 0.2) is 36.9 Å². The van der Waals surface area contributed by atoms with Crippen LogP contribution >= 0.6 is 0 Å². The van der Waals surface area contributed by atoms with Crippen molar-refractivity contribution >= 4 is 7.12 Å².